The molecule has 0 amide bonds. The maximum atomic E-state index is 5.91. The number of aromatic nitrogens is 2. The molecule has 4 nitrogen and oxygen atoms in total. The number of aryl methyl sites for hydroxylation is 1. The van der Waals surface area contributed by atoms with Crippen molar-refractivity contribution in [2.45, 2.75) is 33.1 Å². The maximum absolute atomic E-state index is 5.91. The number of hydrogen-bond acceptors (Lipinski definition) is 4. The number of nitrogens with one attached hydrogen (secondary N) is 1. The maximum Gasteiger partial charge on any atom is 0.227 e. The van der Waals surface area contributed by atoms with Gasteiger partial charge in [-0.05, 0) is 30.5 Å². The van der Waals surface area contributed by atoms with Crippen molar-refractivity contribution in [1.29, 1.82) is 0 Å². The van der Waals surface area contributed by atoms with Gasteiger partial charge < -0.3 is 10.1 Å². The summed E-state index contributed by atoms with van der Waals surface area (Å²) in [6, 6.07) is 8.12. The topological polar surface area (TPSA) is 47.0 Å². The molecule has 1 aromatic carbocycles. The Morgan fingerprint density at radius 3 is 2.45 bits per heavy atom. The minimum absolute atomic E-state index is 0.635. The zero-order valence-electron chi connectivity index (χ0n) is 12.3. The lowest BCUT2D eigenvalue weighted by molar-refractivity contribution is 0.454. The predicted molar refractivity (Wildman–Crippen MR) is 81.5 cm³/mol. The van der Waals surface area contributed by atoms with E-state index in [9.17, 15) is 0 Å². The first-order valence-corrected chi connectivity index (χ1v) is 7.06. The minimum Gasteiger partial charge on any atom is -0.439 e. The molecular formula is C16H21N3O. The van der Waals surface area contributed by atoms with E-state index in [1.807, 2.05) is 19.2 Å². The smallest absolute Gasteiger partial charge is 0.227 e. The lowest BCUT2D eigenvalue weighted by Crippen LogP contribution is -2.03. The summed E-state index contributed by atoms with van der Waals surface area (Å²) in [4.78, 5) is 8.51. The van der Waals surface area contributed by atoms with Crippen molar-refractivity contribution in [2.75, 3.05) is 12.4 Å². The standard InChI is InChI=1S/C16H21N3O/c1-4-6-14-15(17-3)18-11-19-16(14)20-13-9-7-12(5-2)8-10-13/h7-11H,4-6H2,1-3H3,(H,17,18,19). The summed E-state index contributed by atoms with van der Waals surface area (Å²) < 4.78 is 5.91. The van der Waals surface area contributed by atoms with Gasteiger partial charge in [-0.25, -0.2) is 9.97 Å². The van der Waals surface area contributed by atoms with E-state index in [1.54, 1.807) is 0 Å². The first-order chi connectivity index (χ1) is 9.78. The van der Waals surface area contributed by atoms with Gasteiger partial charge >= 0.3 is 0 Å². The zero-order chi connectivity index (χ0) is 14.4. The van der Waals surface area contributed by atoms with E-state index in [2.05, 4.69) is 41.3 Å². The van der Waals surface area contributed by atoms with Crippen LogP contribution in [0.4, 0.5) is 5.82 Å². The van der Waals surface area contributed by atoms with Gasteiger partial charge in [-0.2, -0.15) is 0 Å². The third-order valence-electron chi connectivity index (χ3n) is 3.19. The van der Waals surface area contributed by atoms with Crippen LogP contribution in [-0.2, 0) is 12.8 Å². The highest BCUT2D eigenvalue weighted by atomic mass is 16.5. The van der Waals surface area contributed by atoms with Crippen molar-refractivity contribution < 1.29 is 4.74 Å². The normalized spacial score (nSPS) is 10.3. The molecule has 0 aliphatic heterocycles. The quantitative estimate of drug-likeness (QED) is 0.867. The highest BCUT2D eigenvalue weighted by Crippen LogP contribution is 2.28. The van der Waals surface area contributed by atoms with E-state index in [-0.39, 0.29) is 0 Å². The Bertz CT molecular complexity index is 552. The third kappa shape index (κ3) is 3.26. The zero-order valence-corrected chi connectivity index (χ0v) is 12.3. The van der Waals surface area contributed by atoms with Crippen LogP contribution in [0.1, 0.15) is 31.4 Å². The molecule has 4 heteroatoms. The molecule has 0 spiro atoms. The van der Waals surface area contributed by atoms with Crippen LogP contribution >= 0.6 is 0 Å². The van der Waals surface area contributed by atoms with Gasteiger partial charge in [0.25, 0.3) is 0 Å². The fraction of sp³-hybridized carbons (Fsp3) is 0.375. The Morgan fingerprint density at radius 2 is 1.85 bits per heavy atom. The van der Waals surface area contributed by atoms with Gasteiger partial charge in [-0.1, -0.05) is 32.4 Å². The van der Waals surface area contributed by atoms with Gasteiger partial charge in [0.1, 0.15) is 17.9 Å². The number of benzene rings is 1. The van der Waals surface area contributed by atoms with Gasteiger partial charge in [-0.15, -0.1) is 0 Å². The number of anilines is 1. The van der Waals surface area contributed by atoms with Crippen molar-refractivity contribution in [3.8, 4) is 11.6 Å². The van der Waals surface area contributed by atoms with Gasteiger partial charge in [0, 0.05) is 7.05 Å². The molecule has 0 aliphatic carbocycles. The molecule has 20 heavy (non-hydrogen) atoms. The van der Waals surface area contributed by atoms with Gasteiger partial charge in [-0.3, -0.25) is 0 Å². The largest absolute Gasteiger partial charge is 0.439 e. The molecule has 1 aromatic heterocycles. The second-order valence-corrected chi connectivity index (χ2v) is 4.61. The number of hydrogen-bond donors (Lipinski definition) is 1. The summed E-state index contributed by atoms with van der Waals surface area (Å²) >= 11 is 0. The molecule has 0 fully saturated rings. The van der Waals surface area contributed by atoms with Crippen molar-refractivity contribution >= 4 is 5.82 Å². The van der Waals surface area contributed by atoms with Crippen LogP contribution in [0.15, 0.2) is 30.6 Å². The van der Waals surface area contributed by atoms with Crippen LogP contribution in [0.3, 0.4) is 0 Å². The van der Waals surface area contributed by atoms with Gasteiger partial charge in [0.2, 0.25) is 5.88 Å². The molecule has 0 bridgehead atoms. The van der Waals surface area contributed by atoms with Crippen molar-refractivity contribution in [1.82, 2.24) is 9.97 Å². The molecule has 2 rings (SSSR count). The highest BCUT2D eigenvalue weighted by Gasteiger charge is 2.11. The Labute approximate surface area is 120 Å². The number of ether oxygens (including phenoxy) is 1. The Morgan fingerprint density at radius 1 is 1.10 bits per heavy atom. The molecule has 1 N–H and O–H groups in total. The lowest BCUT2D eigenvalue weighted by atomic mass is 10.1. The van der Waals surface area contributed by atoms with E-state index in [0.29, 0.717) is 5.88 Å². The van der Waals surface area contributed by atoms with Crippen LogP contribution in [0, 0.1) is 0 Å². The summed E-state index contributed by atoms with van der Waals surface area (Å²) in [5.74, 6) is 2.28. The first-order valence-electron chi connectivity index (χ1n) is 7.06. The van der Waals surface area contributed by atoms with E-state index in [0.717, 1.165) is 36.4 Å². The summed E-state index contributed by atoms with van der Waals surface area (Å²) in [5, 5.41) is 3.09. The predicted octanol–water partition coefficient (Wildman–Crippen LogP) is 3.83. The molecule has 0 aliphatic rings. The summed E-state index contributed by atoms with van der Waals surface area (Å²) in [6.07, 6.45) is 4.46. The van der Waals surface area contributed by atoms with Crippen molar-refractivity contribution in [3.63, 3.8) is 0 Å². The Kier molecular flexibility index (Phi) is 4.93. The SMILES string of the molecule is CCCc1c(NC)ncnc1Oc1ccc(CC)cc1. The lowest BCUT2D eigenvalue weighted by Gasteiger charge is -2.12. The molecule has 0 saturated carbocycles. The monoisotopic (exact) mass is 271 g/mol. The van der Waals surface area contributed by atoms with Gasteiger partial charge in [0.15, 0.2) is 0 Å². The second-order valence-electron chi connectivity index (χ2n) is 4.61. The molecule has 0 atom stereocenters. The third-order valence-corrected chi connectivity index (χ3v) is 3.19. The van der Waals surface area contributed by atoms with E-state index in [4.69, 9.17) is 4.74 Å². The van der Waals surface area contributed by atoms with Crippen LogP contribution < -0.4 is 10.1 Å². The average molecular weight is 271 g/mol. The molecule has 0 unspecified atom stereocenters. The summed E-state index contributed by atoms with van der Waals surface area (Å²) in [7, 11) is 1.86. The fourth-order valence-electron chi connectivity index (χ4n) is 2.08. The van der Waals surface area contributed by atoms with Crippen LogP contribution in [0.5, 0.6) is 11.6 Å². The fourth-order valence-corrected chi connectivity index (χ4v) is 2.08. The summed E-state index contributed by atoms with van der Waals surface area (Å²) in [6.45, 7) is 4.27. The molecule has 1 heterocycles. The molecular weight excluding hydrogens is 250 g/mol. The van der Waals surface area contributed by atoms with Gasteiger partial charge in [0.05, 0.1) is 5.56 Å². The van der Waals surface area contributed by atoms with E-state index in [1.165, 1.54) is 11.9 Å². The number of nitrogens with zero attached hydrogens (tertiary/aromatic N) is 2. The van der Waals surface area contributed by atoms with Crippen LogP contribution in [-0.4, -0.2) is 17.0 Å². The van der Waals surface area contributed by atoms with Crippen LogP contribution in [0.25, 0.3) is 0 Å². The highest BCUT2D eigenvalue weighted by molar-refractivity contribution is 5.49. The number of rotatable bonds is 6. The van der Waals surface area contributed by atoms with Crippen molar-refractivity contribution in [2.24, 2.45) is 0 Å². The Hall–Kier alpha value is -2.10. The second kappa shape index (κ2) is 6.89. The Balaban J connectivity index is 2.27. The average Bonchev–Trinajstić information content (AvgIpc) is 2.50. The molecule has 2 aromatic rings. The van der Waals surface area contributed by atoms with Crippen molar-refractivity contribution in [3.05, 3.63) is 41.7 Å². The molecule has 0 saturated heterocycles. The van der Waals surface area contributed by atoms with Crippen LogP contribution in [0.2, 0.25) is 0 Å². The minimum atomic E-state index is 0.635. The molecule has 106 valence electrons. The van der Waals surface area contributed by atoms with E-state index < -0.39 is 0 Å². The van der Waals surface area contributed by atoms with E-state index >= 15 is 0 Å². The first kappa shape index (κ1) is 14.3. The molecule has 0 radical (unpaired) electrons. The summed E-state index contributed by atoms with van der Waals surface area (Å²) in [5.41, 5.74) is 2.32.